The van der Waals surface area contributed by atoms with Gasteiger partial charge in [0.05, 0.1) is 12.5 Å². The van der Waals surface area contributed by atoms with Gasteiger partial charge in [0.1, 0.15) is 23.1 Å². The Bertz CT molecular complexity index is 946. The van der Waals surface area contributed by atoms with Crippen molar-refractivity contribution in [2.45, 2.75) is 57.8 Å². The van der Waals surface area contributed by atoms with Crippen LogP contribution in [0.1, 0.15) is 45.3 Å². The van der Waals surface area contributed by atoms with E-state index in [9.17, 15) is 14.0 Å². The van der Waals surface area contributed by atoms with Crippen molar-refractivity contribution in [3.05, 3.63) is 60.4 Å². The molecule has 32 heavy (non-hydrogen) atoms. The number of ether oxygens (including phenoxy) is 1. The number of carbonyl (C=O) groups excluding carboxylic acids is 2. The van der Waals surface area contributed by atoms with E-state index in [1.165, 1.54) is 6.08 Å². The van der Waals surface area contributed by atoms with E-state index in [2.05, 4.69) is 10.6 Å². The highest BCUT2D eigenvalue weighted by molar-refractivity contribution is 5.81. The summed E-state index contributed by atoms with van der Waals surface area (Å²) >= 11 is 0. The molecule has 2 atom stereocenters. The van der Waals surface area contributed by atoms with Crippen molar-refractivity contribution < 1.29 is 23.1 Å². The van der Waals surface area contributed by atoms with Crippen LogP contribution < -0.4 is 10.6 Å². The van der Waals surface area contributed by atoms with E-state index in [1.807, 2.05) is 44.2 Å². The number of hydrogen-bond acceptors (Lipinski definition) is 4. The van der Waals surface area contributed by atoms with E-state index in [0.29, 0.717) is 18.7 Å². The molecule has 2 amide bonds. The fourth-order valence-corrected chi connectivity index (χ4v) is 3.62. The first kappa shape index (κ1) is 23.6. The third-order valence-electron chi connectivity index (χ3n) is 5.38. The number of furan rings is 1. The second-order valence-corrected chi connectivity index (χ2v) is 8.60. The monoisotopic (exact) mass is 442 g/mol. The number of nitrogens with one attached hydrogen (secondary N) is 2. The van der Waals surface area contributed by atoms with E-state index in [0.717, 1.165) is 30.2 Å². The molecule has 0 fully saturated rings. The van der Waals surface area contributed by atoms with Gasteiger partial charge < -0.3 is 19.8 Å². The van der Waals surface area contributed by atoms with Crippen molar-refractivity contribution >= 4 is 23.0 Å². The zero-order valence-corrected chi connectivity index (χ0v) is 18.6. The number of alkyl halides is 1. The predicted molar refractivity (Wildman–Crippen MR) is 122 cm³/mol. The Morgan fingerprint density at radius 3 is 2.66 bits per heavy atom. The molecule has 2 aromatic rings. The number of alkyl carbamates (subject to hydrolysis) is 1. The number of hydrogen-bond donors (Lipinski definition) is 2. The van der Waals surface area contributed by atoms with E-state index in [-0.39, 0.29) is 12.5 Å². The number of rotatable bonds is 10. The largest absolute Gasteiger partial charge is 0.459 e. The van der Waals surface area contributed by atoms with Crippen LogP contribution >= 0.6 is 0 Å². The lowest BCUT2D eigenvalue weighted by Crippen LogP contribution is -2.35. The first-order valence-corrected chi connectivity index (χ1v) is 11.1. The van der Waals surface area contributed by atoms with Crippen LogP contribution in [0.15, 0.2) is 59.1 Å². The molecule has 2 unspecified atom stereocenters. The van der Waals surface area contributed by atoms with Crippen molar-refractivity contribution in [3.63, 3.8) is 0 Å². The zero-order valence-electron chi connectivity index (χ0n) is 18.6. The second kappa shape index (κ2) is 11.0. The first-order valence-electron chi connectivity index (χ1n) is 11.1. The van der Waals surface area contributed by atoms with Gasteiger partial charge in [0.25, 0.3) is 0 Å². The maximum absolute atomic E-state index is 13.7. The molecule has 1 aliphatic carbocycles. The third-order valence-corrected chi connectivity index (χ3v) is 5.38. The number of fused-ring (bicyclic) bond motifs is 1. The highest BCUT2D eigenvalue weighted by Crippen LogP contribution is 2.21. The first-order chi connectivity index (χ1) is 15.3. The molecule has 0 aliphatic heterocycles. The minimum absolute atomic E-state index is 0.259. The van der Waals surface area contributed by atoms with E-state index in [1.54, 1.807) is 18.2 Å². The fraction of sp³-hybridized carbons (Fsp3) is 0.440. The maximum Gasteiger partial charge on any atom is 0.408 e. The number of benzene rings is 1. The Morgan fingerprint density at radius 2 is 1.88 bits per heavy atom. The lowest BCUT2D eigenvalue weighted by atomic mass is 9.98. The molecule has 3 rings (SSSR count). The lowest BCUT2D eigenvalue weighted by Gasteiger charge is -2.25. The topological polar surface area (TPSA) is 80.6 Å². The average Bonchev–Trinajstić information content (AvgIpc) is 3.17. The highest BCUT2D eigenvalue weighted by atomic mass is 19.1. The summed E-state index contributed by atoms with van der Waals surface area (Å²) in [6.07, 6.45) is 7.70. The number of carbonyl (C=O) groups is 2. The van der Waals surface area contributed by atoms with Gasteiger partial charge in [-0.2, -0.15) is 0 Å². The summed E-state index contributed by atoms with van der Waals surface area (Å²) < 4.78 is 24.9. The van der Waals surface area contributed by atoms with Gasteiger partial charge in [-0.1, -0.05) is 42.8 Å². The van der Waals surface area contributed by atoms with Gasteiger partial charge in [-0.3, -0.25) is 4.79 Å². The molecular weight excluding hydrogens is 411 g/mol. The Hall–Kier alpha value is -3.09. The van der Waals surface area contributed by atoms with Crippen LogP contribution in [0, 0.1) is 5.92 Å². The van der Waals surface area contributed by atoms with E-state index < -0.39 is 23.8 Å². The fourth-order valence-electron chi connectivity index (χ4n) is 3.62. The number of amides is 2. The molecule has 172 valence electrons. The minimum atomic E-state index is -1.27. The van der Waals surface area contributed by atoms with Crippen LogP contribution in [-0.4, -0.2) is 30.3 Å². The van der Waals surface area contributed by atoms with Gasteiger partial charge in [0.2, 0.25) is 5.91 Å². The average molecular weight is 443 g/mol. The molecule has 0 spiro atoms. The Kier molecular flexibility index (Phi) is 8.09. The van der Waals surface area contributed by atoms with Gasteiger partial charge in [0, 0.05) is 11.9 Å². The predicted octanol–water partition coefficient (Wildman–Crippen LogP) is 5.19. The standard InChI is InChI=1S/C25H31FN2O4/c1-25(2,14-8-3-9-15-27-23(29)20-11-5-6-12-21(20)26)32-24(30)28-17-19-16-18-10-4-7-13-22(18)31-19/h4-7,10-13,16,20-21H,3,8-9,14-15,17H2,1-2H3,(H,27,29)(H,28,30). The molecule has 7 heteroatoms. The lowest BCUT2D eigenvalue weighted by molar-refractivity contribution is -0.124. The van der Waals surface area contributed by atoms with Crippen molar-refractivity contribution in [2.75, 3.05) is 6.54 Å². The summed E-state index contributed by atoms with van der Waals surface area (Å²) in [5.74, 6) is -0.366. The van der Waals surface area contributed by atoms with Crippen molar-refractivity contribution in [3.8, 4) is 0 Å². The van der Waals surface area contributed by atoms with E-state index >= 15 is 0 Å². The highest BCUT2D eigenvalue weighted by Gasteiger charge is 2.25. The molecule has 1 heterocycles. The number of allylic oxidation sites excluding steroid dienone is 3. The van der Waals surface area contributed by atoms with Crippen molar-refractivity contribution in [2.24, 2.45) is 5.92 Å². The molecular formula is C25H31FN2O4. The Morgan fingerprint density at radius 1 is 1.09 bits per heavy atom. The van der Waals surface area contributed by atoms with Gasteiger partial charge in [-0.15, -0.1) is 0 Å². The summed E-state index contributed by atoms with van der Waals surface area (Å²) in [5.41, 5.74) is 0.174. The molecule has 1 aliphatic rings. The number of halogens is 1. The van der Waals surface area contributed by atoms with Crippen LogP contribution in [0.2, 0.25) is 0 Å². The molecule has 6 nitrogen and oxygen atoms in total. The third kappa shape index (κ3) is 6.97. The maximum atomic E-state index is 13.7. The minimum Gasteiger partial charge on any atom is -0.459 e. The second-order valence-electron chi connectivity index (χ2n) is 8.60. The smallest absolute Gasteiger partial charge is 0.408 e. The van der Waals surface area contributed by atoms with Gasteiger partial charge in [-0.25, -0.2) is 9.18 Å². The quantitative estimate of drug-likeness (QED) is 0.496. The summed E-state index contributed by atoms with van der Waals surface area (Å²) in [5, 5.41) is 6.51. The van der Waals surface area contributed by atoms with E-state index in [4.69, 9.17) is 9.15 Å². The van der Waals surface area contributed by atoms with Crippen LogP contribution in [0.25, 0.3) is 11.0 Å². The molecule has 0 saturated carbocycles. The molecule has 2 N–H and O–H groups in total. The molecule has 0 saturated heterocycles. The zero-order chi connectivity index (χ0) is 23.0. The summed E-state index contributed by atoms with van der Waals surface area (Å²) in [4.78, 5) is 24.2. The summed E-state index contributed by atoms with van der Waals surface area (Å²) in [7, 11) is 0. The number of para-hydroxylation sites is 1. The van der Waals surface area contributed by atoms with Crippen molar-refractivity contribution in [1.82, 2.24) is 10.6 Å². The van der Waals surface area contributed by atoms with Crippen LogP contribution in [0.5, 0.6) is 0 Å². The summed E-state index contributed by atoms with van der Waals surface area (Å²) in [6, 6.07) is 9.57. The van der Waals surface area contributed by atoms with Gasteiger partial charge in [0.15, 0.2) is 0 Å². The summed E-state index contributed by atoms with van der Waals surface area (Å²) in [6.45, 7) is 4.51. The van der Waals surface area contributed by atoms with Crippen LogP contribution in [-0.2, 0) is 16.1 Å². The van der Waals surface area contributed by atoms with Gasteiger partial charge >= 0.3 is 6.09 Å². The molecule has 1 aromatic heterocycles. The normalized spacial score (nSPS) is 18.0. The van der Waals surface area contributed by atoms with Gasteiger partial charge in [-0.05, 0) is 51.3 Å². The Balaban J connectivity index is 1.29. The van der Waals surface area contributed by atoms with Crippen LogP contribution in [0.4, 0.5) is 9.18 Å². The van der Waals surface area contributed by atoms with Crippen molar-refractivity contribution in [1.29, 1.82) is 0 Å². The molecule has 0 radical (unpaired) electrons. The number of unbranched alkanes of at least 4 members (excludes halogenated alkanes) is 2. The SMILES string of the molecule is CC(C)(CCCCCNC(=O)C1C=CC=CC1F)OC(=O)NCc1cc2ccccc2o1. The van der Waals surface area contributed by atoms with Crippen LogP contribution in [0.3, 0.4) is 0 Å². The molecule has 1 aromatic carbocycles. The molecule has 0 bridgehead atoms. The Labute approximate surface area is 187 Å².